The quantitative estimate of drug-likeness (QED) is 0.701. The highest BCUT2D eigenvalue weighted by atomic mass is 35.5. The Balaban J connectivity index is 2.13. The van der Waals surface area contributed by atoms with Crippen molar-refractivity contribution >= 4 is 33.2 Å². The summed E-state index contributed by atoms with van der Waals surface area (Å²) in [6, 6.07) is 8.70. The molecule has 1 N–H and O–H groups in total. The number of halogens is 4. The number of benzene rings is 2. The van der Waals surface area contributed by atoms with Gasteiger partial charge in [0.25, 0.3) is 0 Å². The maximum absolute atomic E-state index is 12.8. The summed E-state index contributed by atoms with van der Waals surface area (Å²) >= 11 is 6.01. The molecule has 0 aliphatic heterocycles. The van der Waals surface area contributed by atoms with Gasteiger partial charge in [0.05, 0.1) is 29.6 Å². The van der Waals surface area contributed by atoms with Crippen molar-refractivity contribution in [1.29, 1.82) is 0 Å². The Morgan fingerprint density at radius 3 is 2.45 bits per heavy atom. The van der Waals surface area contributed by atoms with E-state index in [1.165, 1.54) is 37.4 Å². The second-order valence-electron chi connectivity index (χ2n) is 6.06. The monoisotopic (exact) mass is 450 g/mol. The third-order valence-electron chi connectivity index (χ3n) is 3.85. The highest BCUT2D eigenvalue weighted by Crippen LogP contribution is 2.30. The van der Waals surface area contributed by atoms with Crippen LogP contribution in [0.2, 0.25) is 5.02 Å². The molecule has 0 saturated heterocycles. The summed E-state index contributed by atoms with van der Waals surface area (Å²) in [6.07, 6.45) is -3.58. The maximum atomic E-state index is 12.8. The van der Waals surface area contributed by atoms with Crippen LogP contribution in [0.1, 0.15) is 11.1 Å². The average Bonchev–Trinajstić information content (AvgIpc) is 2.63. The topological polar surface area (TPSA) is 75.7 Å². The van der Waals surface area contributed by atoms with E-state index in [2.05, 4.69) is 5.32 Å². The number of carbonyl (C=O) groups is 1. The van der Waals surface area contributed by atoms with Gasteiger partial charge in [0.1, 0.15) is 12.3 Å². The molecule has 158 valence electrons. The third kappa shape index (κ3) is 6.26. The second-order valence-corrected chi connectivity index (χ2v) is 8.38. The molecule has 0 saturated carbocycles. The van der Waals surface area contributed by atoms with Gasteiger partial charge in [0, 0.05) is 6.54 Å². The predicted molar refractivity (Wildman–Crippen MR) is 103 cm³/mol. The first-order chi connectivity index (χ1) is 13.4. The number of sulfonamides is 1. The molecule has 2 aromatic carbocycles. The molecular formula is C18H18ClF3N2O4S. The number of methoxy groups -OCH3 is 1. The normalized spacial score (nSPS) is 11.8. The lowest BCUT2D eigenvalue weighted by Gasteiger charge is -2.22. The van der Waals surface area contributed by atoms with Crippen molar-refractivity contribution in [2.24, 2.45) is 0 Å². The Morgan fingerprint density at radius 2 is 1.90 bits per heavy atom. The van der Waals surface area contributed by atoms with Crippen LogP contribution in [0.5, 0.6) is 5.75 Å². The van der Waals surface area contributed by atoms with E-state index in [9.17, 15) is 26.4 Å². The van der Waals surface area contributed by atoms with Crippen LogP contribution < -0.4 is 14.4 Å². The van der Waals surface area contributed by atoms with Crippen molar-refractivity contribution in [1.82, 2.24) is 5.32 Å². The van der Waals surface area contributed by atoms with E-state index in [-0.39, 0.29) is 22.8 Å². The molecular weight excluding hydrogens is 433 g/mol. The van der Waals surface area contributed by atoms with Gasteiger partial charge in [-0.15, -0.1) is 0 Å². The van der Waals surface area contributed by atoms with Crippen LogP contribution in [0.4, 0.5) is 18.9 Å². The molecule has 0 fully saturated rings. The molecule has 0 radical (unpaired) electrons. The first-order valence-electron chi connectivity index (χ1n) is 8.16. The summed E-state index contributed by atoms with van der Waals surface area (Å²) < 4.78 is 68.4. The Kier molecular flexibility index (Phi) is 7.02. The predicted octanol–water partition coefficient (Wildman–Crippen LogP) is 3.45. The van der Waals surface area contributed by atoms with Crippen LogP contribution in [0.25, 0.3) is 0 Å². The van der Waals surface area contributed by atoms with Crippen molar-refractivity contribution in [3.8, 4) is 5.75 Å². The summed E-state index contributed by atoms with van der Waals surface area (Å²) in [6.45, 7) is -0.760. The Bertz CT molecular complexity index is 997. The van der Waals surface area contributed by atoms with Crippen molar-refractivity contribution in [3.63, 3.8) is 0 Å². The van der Waals surface area contributed by atoms with Crippen LogP contribution in [0.3, 0.4) is 0 Å². The fourth-order valence-electron chi connectivity index (χ4n) is 2.46. The van der Waals surface area contributed by atoms with E-state index >= 15 is 0 Å². The zero-order valence-corrected chi connectivity index (χ0v) is 17.0. The largest absolute Gasteiger partial charge is 0.495 e. The maximum Gasteiger partial charge on any atom is 0.416 e. The first-order valence-corrected chi connectivity index (χ1v) is 10.4. The van der Waals surface area contributed by atoms with E-state index in [1.807, 2.05) is 0 Å². The van der Waals surface area contributed by atoms with Gasteiger partial charge in [0.2, 0.25) is 15.9 Å². The van der Waals surface area contributed by atoms with E-state index in [0.29, 0.717) is 5.75 Å². The first kappa shape index (κ1) is 22.8. The number of carbonyl (C=O) groups excluding carboxylic acids is 1. The second kappa shape index (κ2) is 8.91. The molecule has 0 aliphatic rings. The molecule has 0 spiro atoms. The van der Waals surface area contributed by atoms with Gasteiger partial charge in [-0.05, 0) is 35.9 Å². The number of rotatable bonds is 7. The number of anilines is 1. The van der Waals surface area contributed by atoms with Gasteiger partial charge >= 0.3 is 6.18 Å². The van der Waals surface area contributed by atoms with Crippen LogP contribution >= 0.6 is 11.6 Å². The number of ether oxygens (including phenoxy) is 1. The molecule has 1 amide bonds. The van der Waals surface area contributed by atoms with Crippen molar-refractivity contribution < 1.29 is 31.1 Å². The lowest BCUT2D eigenvalue weighted by Crippen LogP contribution is -2.40. The van der Waals surface area contributed by atoms with Crippen molar-refractivity contribution in [3.05, 3.63) is 58.6 Å². The smallest absolute Gasteiger partial charge is 0.416 e. The fraction of sp³-hybridized carbons (Fsp3) is 0.278. The Morgan fingerprint density at radius 1 is 1.21 bits per heavy atom. The number of nitrogens with one attached hydrogen (secondary N) is 1. The van der Waals surface area contributed by atoms with Gasteiger partial charge < -0.3 is 10.1 Å². The molecule has 0 bridgehead atoms. The Hall–Kier alpha value is -2.46. The molecule has 6 nitrogen and oxygen atoms in total. The molecule has 11 heteroatoms. The van der Waals surface area contributed by atoms with Gasteiger partial charge in [-0.3, -0.25) is 9.10 Å². The minimum Gasteiger partial charge on any atom is -0.495 e. The van der Waals surface area contributed by atoms with Crippen LogP contribution in [0, 0.1) is 0 Å². The van der Waals surface area contributed by atoms with E-state index in [4.69, 9.17) is 16.3 Å². The minimum absolute atomic E-state index is 0.146. The lowest BCUT2D eigenvalue weighted by molar-refractivity contribution is -0.137. The number of alkyl halides is 3. The van der Waals surface area contributed by atoms with Gasteiger partial charge in [-0.1, -0.05) is 23.7 Å². The van der Waals surface area contributed by atoms with Crippen LogP contribution in [-0.4, -0.2) is 34.2 Å². The van der Waals surface area contributed by atoms with Gasteiger partial charge in [-0.25, -0.2) is 8.42 Å². The standard InChI is InChI=1S/C18H18ClF3N2O4S/c1-28-16-7-6-14(9-15(16)19)24(29(2,26)27)11-17(25)23-10-12-4-3-5-13(8-12)18(20,21)22/h3-9H,10-11H2,1-2H3,(H,23,25). The number of hydrogen-bond donors (Lipinski definition) is 1. The van der Waals surface area contributed by atoms with Crippen molar-refractivity contribution in [2.45, 2.75) is 12.7 Å². The zero-order valence-electron chi connectivity index (χ0n) is 15.5. The average molecular weight is 451 g/mol. The third-order valence-corrected chi connectivity index (χ3v) is 5.29. The highest BCUT2D eigenvalue weighted by Gasteiger charge is 2.30. The van der Waals surface area contributed by atoms with E-state index in [0.717, 1.165) is 22.7 Å². The van der Waals surface area contributed by atoms with Gasteiger partial charge in [0.15, 0.2) is 0 Å². The summed E-state index contributed by atoms with van der Waals surface area (Å²) in [5.74, 6) is -0.363. The minimum atomic E-state index is -4.50. The molecule has 2 rings (SSSR count). The van der Waals surface area contributed by atoms with Crippen LogP contribution in [0.15, 0.2) is 42.5 Å². The van der Waals surface area contributed by atoms with E-state index in [1.54, 1.807) is 0 Å². The highest BCUT2D eigenvalue weighted by molar-refractivity contribution is 7.92. The molecule has 0 atom stereocenters. The number of amides is 1. The molecule has 2 aromatic rings. The summed E-state index contributed by atoms with van der Waals surface area (Å²) in [5, 5.41) is 2.57. The van der Waals surface area contributed by atoms with E-state index < -0.39 is 34.2 Å². The number of hydrogen-bond acceptors (Lipinski definition) is 4. The Labute approximate surface area is 171 Å². The molecule has 29 heavy (non-hydrogen) atoms. The fourth-order valence-corrected chi connectivity index (χ4v) is 3.56. The lowest BCUT2D eigenvalue weighted by atomic mass is 10.1. The van der Waals surface area contributed by atoms with Gasteiger partial charge in [-0.2, -0.15) is 13.2 Å². The molecule has 0 heterocycles. The summed E-state index contributed by atoms with van der Waals surface area (Å²) in [5.41, 5.74) is -0.464. The molecule has 0 unspecified atom stereocenters. The summed E-state index contributed by atoms with van der Waals surface area (Å²) in [7, 11) is -2.43. The molecule has 0 aliphatic carbocycles. The van der Waals surface area contributed by atoms with Crippen molar-refractivity contribution in [2.75, 3.05) is 24.2 Å². The summed E-state index contributed by atoms with van der Waals surface area (Å²) in [4.78, 5) is 12.2. The number of nitrogens with zero attached hydrogens (tertiary/aromatic N) is 1. The van der Waals surface area contributed by atoms with Crippen LogP contribution in [-0.2, 0) is 27.5 Å². The SMILES string of the molecule is COc1ccc(N(CC(=O)NCc2cccc(C(F)(F)F)c2)S(C)(=O)=O)cc1Cl. The zero-order chi connectivity index (χ0) is 21.8. The molecule has 0 aromatic heterocycles.